The molecule has 0 aliphatic heterocycles. The Labute approximate surface area is 122 Å². The third-order valence-electron chi connectivity index (χ3n) is 3.19. The Kier molecular flexibility index (Phi) is 4.62. The Bertz CT molecular complexity index is 567. The maximum absolute atomic E-state index is 12.0. The van der Waals surface area contributed by atoms with Crippen LogP contribution >= 0.6 is 15.9 Å². The van der Waals surface area contributed by atoms with Gasteiger partial charge in [-0.1, -0.05) is 22.9 Å². The number of hydrogen-bond donors (Lipinski definition) is 1. The fraction of sp³-hybridized carbons (Fsp3) is 0.462. The van der Waals surface area contributed by atoms with Crippen molar-refractivity contribution >= 4 is 31.7 Å². The van der Waals surface area contributed by atoms with E-state index in [-0.39, 0.29) is 4.90 Å². The molecule has 1 atom stereocenters. The molecule has 1 aliphatic carbocycles. The molecular weight excluding hydrogens is 328 g/mol. The topological polar surface area (TPSA) is 58.5 Å². The Morgan fingerprint density at radius 1 is 1.32 bits per heavy atom. The van der Waals surface area contributed by atoms with E-state index in [1.165, 1.54) is 6.42 Å². The first-order valence-corrected chi connectivity index (χ1v) is 8.58. The molecule has 1 saturated carbocycles. The van der Waals surface area contributed by atoms with Crippen LogP contribution < -0.4 is 4.83 Å². The van der Waals surface area contributed by atoms with E-state index < -0.39 is 10.0 Å². The Morgan fingerprint density at radius 2 is 2.00 bits per heavy atom. The van der Waals surface area contributed by atoms with Gasteiger partial charge in [0.2, 0.25) is 0 Å². The smallest absolute Gasteiger partial charge is 0.200 e. The third kappa shape index (κ3) is 4.04. The Morgan fingerprint density at radius 3 is 2.63 bits per heavy atom. The van der Waals surface area contributed by atoms with Gasteiger partial charge in [0.15, 0.2) is 0 Å². The number of hydrogen-bond acceptors (Lipinski definition) is 3. The molecule has 2 rings (SSSR count). The monoisotopic (exact) mass is 344 g/mol. The summed E-state index contributed by atoms with van der Waals surface area (Å²) in [6.07, 6.45) is 4.04. The third-order valence-corrected chi connectivity index (χ3v) is 4.95. The molecule has 4 nitrogen and oxygen atoms in total. The molecular formula is C13H17BrN2O2S. The predicted octanol–water partition coefficient (Wildman–Crippen LogP) is 3.29. The van der Waals surface area contributed by atoms with Crippen LogP contribution in [-0.2, 0) is 10.0 Å². The highest BCUT2D eigenvalue weighted by atomic mass is 79.9. The summed E-state index contributed by atoms with van der Waals surface area (Å²) in [7, 11) is -3.55. The second-order valence-corrected chi connectivity index (χ2v) is 7.50. The normalized spacial score (nSPS) is 22.4. The Hall–Kier alpha value is -0.880. The van der Waals surface area contributed by atoms with E-state index in [9.17, 15) is 8.42 Å². The number of benzene rings is 1. The van der Waals surface area contributed by atoms with Gasteiger partial charge < -0.3 is 0 Å². The lowest BCUT2D eigenvalue weighted by molar-refractivity contribution is 0.498. The lowest BCUT2D eigenvalue weighted by Gasteiger charge is -2.19. The maximum Gasteiger partial charge on any atom is 0.276 e. The molecule has 0 amide bonds. The van der Waals surface area contributed by atoms with Crippen molar-refractivity contribution in [1.29, 1.82) is 0 Å². The van der Waals surface area contributed by atoms with Gasteiger partial charge in [-0.15, -0.1) is 0 Å². The van der Waals surface area contributed by atoms with Crippen LogP contribution in [0.15, 0.2) is 38.7 Å². The Balaban J connectivity index is 2.09. The second-order valence-electron chi connectivity index (χ2n) is 4.93. The zero-order valence-corrected chi connectivity index (χ0v) is 13.2. The highest BCUT2D eigenvalue weighted by Crippen LogP contribution is 2.21. The average Bonchev–Trinajstić information content (AvgIpc) is 2.37. The molecule has 0 heterocycles. The van der Waals surface area contributed by atoms with Gasteiger partial charge in [-0.2, -0.15) is 13.5 Å². The molecule has 19 heavy (non-hydrogen) atoms. The zero-order valence-electron chi connectivity index (χ0n) is 10.8. The van der Waals surface area contributed by atoms with E-state index in [1.54, 1.807) is 24.3 Å². The highest BCUT2D eigenvalue weighted by Gasteiger charge is 2.16. The van der Waals surface area contributed by atoms with Crippen molar-refractivity contribution in [3.05, 3.63) is 28.7 Å². The van der Waals surface area contributed by atoms with E-state index in [1.807, 2.05) is 0 Å². The van der Waals surface area contributed by atoms with Crippen molar-refractivity contribution in [3.63, 3.8) is 0 Å². The minimum atomic E-state index is -3.55. The molecule has 1 fully saturated rings. The van der Waals surface area contributed by atoms with Gasteiger partial charge in [0.1, 0.15) is 0 Å². The zero-order chi connectivity index (χ0) is 13.9. The van der Waals surface area contributed by atoms with Crippen LogP contribution in [0.2, 0.25) is 0 Å². The summed E-state index contributed by atoms with van der Waals surface area (Å²) in [5.41, 5.74) is 0.944. The summed E-state index contributed by atoms with van der Waals surface area (Å²) >= 11 is 3.28. The van der Waals surface area contributed by atoms with Crippen LogP contribution in [0.3, 0.4) is 0 Å². The molecule has 0 radical (unpaired) electrons. The molecule has 0 bridgehead atoms. The summed E-state index contributed by atoms with van der Waals surface area (Å²) in [6, 6.07) is 6.50. The van der Waals surface area contributed by atoms with Crippen molar-refractivity contribution < 1.29 is 8.42 Å². The maximum atomic E-state index is 12.0. The summed E-state index contributed by atoms with van der Waals surface area (Å²) in [5.74, 6) is 0.588. The number of hydrazone groups is 1. The summed E-state index contributed by atoms with van der Waals surface area (Å²) in [5, 5.41) is 4.07. The van der Waals surface area contributed by atoms with Crippen LogP contribution in [0.5, 0.6) is 0 Å². The van der Waals surface area contributed by atoms with Gasteiger partial charge in [-0.3, -0.25) is 0 Å². The minimum Gasteiger partial charge on any atom is -0.200 e. The number of rotatable bonds is 3. The fourth-order valence-corrected chi connectivity index (χ4v) is 3.27. The lowest BCUT2D eigenvalue weighted by Crippen LogP contribution is -2.22. The van der Waals surface area contributed by atoms with E-state index >= 15 is 0 Å². The van der Waals surface area contributed by atoms with Crippen LogP contribution in [0.4, 0.5) is 0 Å². The van der Waals surface area contributed by atoms with Gasteiger partial charge in [0, 0.05) is 10.2 Å². The van der Waals surface area contributed by atoms with Gasteiger partial charge in [-0.05, 0) is 55.9 Å². The molecule has 0 aromatic heterocycles. The van der Waals surface area contributed by atoms with Crippen molar-refractivity contribution in [2.75, 3.05) is 0 Å². The molecule has 1 N–H and O–H groups in total. The first-order chi connectivity index (χ1) is 8.97. The molecule has 6 heteroatoms. The molecule has 1 aromatic rings. The molecule has 0 spiro atoms. The highest BCUT2D eigenvalue weighted by molar-refractivity contribution is 9.10. The quantitative estimate of drug-likeness (QED) is 0.855. The van der Waals surface area contributed by atoms with E-state index in [0.717, 1.165) is 29.4 Å². The van der Waals surface area contributed by atoms with Crippen molar-refractivity contribution in [3.8, 4) is 0 Å². The van der Waals surface area contributed by atoms with Crippen LogP contribution in [0.25, 0.3) is 0 Å². The standard InChI is InChI=1S/C13H17BrN2O2S/c1-10-3-2-4-12(9-10)15-16-19(17,18)13-7-5-11(14)6-8-13/h5-8,10,16H,2-4,9H2,1H3/b15-12-/t10-/m1/s1. The lowest BCUT2D eigenvalue weighted by atomic mass is 9.89. The van der Waals surface area contributed by atoms with Gasteiger partial charge in [-0.25, -0.2) is 4.83 Å². The largest absolute Gasteiger partial charge is 0.276 e. The second kappa shape index (κ2) is 6.05. The van der Waals surface area contributed by atoms with E-state index in [4.69, 9.17) is 0 Å². The summed E-state index contributed by atoms with van der Waals surface area (Å²) in [4.78, 5) is 2.56. The van der Waals surface area contributed by atoms with Gasteiger partial charge in [0.05, 0.1) is 4.90 Å². The summed E-state index contributed by atoms with van der Waals surface area (Å²) < 4.78 is 24.9. The number of halogens is 1. The number of nitrogens with one attached hydrogen (secondary N) is 1. The first kappa shape index (κ1) is 14.5. The van der Waals surface area contributed by atoms with Gasteiger partial charge in [0.25, 0.3) is 10.0 Å². The minimum absolute atomic E-state index is 0.226. The predicted molar refractivity (Wildman–Crippen MR) is 79.5 cm³/mol. The number of nitrogens with zero attached hydrogens (tertiary/aromatic N) is 1. The molecule has 0 unspecified atom stereocenters. The van der Waals surface area contributed by atoms with Crippen LogP contribution in [-0.4, -0.2) is 14.1 Å². The first-order valence-electron chi connectivity index (χ1n) is 6.30. The number of sulfonamides is 1. The molecule has 0 saturated heterocycles. The van der Waals surface area contributed by atoms with E-state index in [2.05, 4.69) is 32.8 Å². The summed E-state index contributed by atoms with van der Waals surface area (Å²) in [6.45, 7) is 2.16. The molecule has 104 valence electrons. The van der Waals surface area contributed by atoms with Crippen molar-refractivity contribution in [1.82, 2.24) is 4.83 Å². The molecule has 1 aliphatic rings. The van der Waals surface area contributed by atoms with Crippen molar-refractivity contribution in [2.45, 2.75) is 37.5 Å². The fourth-order valence-electron chi connectivity index (χ4n) is 2.15. The van der Waals surface area contributed by atoms with E-state index in [0.29, 0.717) is 5.92 Å². The SMILES string of the molecule is C[C@@H]1CCC/C(=N/NS(=O)(=O)c2ccc(Br)cc2)C1. The molecule has 1 aromatic carbocycles. The van der Waals surface area contributed by atoms with Crippen LogP contribution in [0, 0.1) is 5.92 Å². The van der Waals surface area contributed by atoms with Gasteiger partial charge >= 0.3 is 0 Å². The average molecular weight is 345 g/mol. The van der Waals surface area contributed by atoms with Crippen molar-refractivity contribution in [2.24, 2.45) is 11.0 Å². The van der Waals surface area contributed by atoms with Crippen LogP contribution in [0.1, 0.15) is 32.6 Å².